The van der Waals surface area contributed by atoms with Crippen LogP contribution in [-0.4, -0.2) is 60.2 Å². The number of piperazine rings is 1. The van der Waals surface area contributed by atoms with Gasteiger partial charge in [-0.15, -0.1) is 0 Å². The molecule has 6 nitrogen and oxygen atoms in total. The minimum Gasteiger partial charge on any atom is -0.496 e. The third-order valence-electron chi connectivity index (χ3n) is 5.68. The zero-order valence-electron chi connectivity index (χ0n) is 18.2. The summed E-state index contributed by atoms with van der Waals surface area (Å²) in [5, 5.41) is 12.4. The van der Waals surface area contributed by atoms with E-state index in [0.29, 0.717) is 6.04 Å². The van der Waals surface area contributed by atoms with Gasteiger partial charge in [0.25, 0.3) is 0 Å². The van der Waals surface area contributed by atoms with Gasteiger partial charge in [-0.25, -0.2) is 0 Å². The summed E-state index contributed by atoms with van der Waals surface area (Å²) in [4.78, 5) is 16.1. The molecule has 0 unspecified atom stereocenters. The van der Waals surface area contributed by atoms with E-state index in [9.17, 15) is 9.90 Å². The zero-order valence-corrected chi connectivity index (χ0v) is 18.2. The van der Waals surface area contributed by atoms with Crippen LogP contribution in [0.15, 0.2) is 42.5 Å². The van der Waals surface area contributed by atoms with Crippen LogP contribution in [0.1, 0.15) is 30.0 Å². The van der Waals surface area contributed by atoms with Crippen LogP contribution in [0.4, 0.5) is 5.69 Å². The topological polar surface area (TPSA) is 65.0 Å². The summed E-state index contributed by atoms with van der Waals surface area (Å²) >= 11 is 0. The van der Waals surface area contributed by atoms with Gasteiger partial charge in [0.2, 0.25) is 5.91 Å². The Bertz CT molecular complexity index is 838. The van der Waals surface area contributed by atoms with Crippen molar-refractivity contribution in [2.75, 3.05) is 38.7 Å². The fourth-order valence-electron chi connectivity index (χ4n) is 4.16. The van der Waals surface area contributed by atoms with Gasteiger partial charge < -0.3 is 15.2 Å². The molecule has 2 aromatic rings. The van der Waals surface area contributed by atoms with Gasteiger partial charge >= 0.3 is 0 Å². The van der Waals surface area contributed by atoms with E-state index in [2.05, 4.69) is 46.3 Å². The highest BCUT2D eigenvalue weighted by Gasteiger charge is 2.26. The Morgan fingerprint density at radius 2 is 1.87 bits per heavy atom. The average molecular weight is 412 g/mol. The van der Waals surface area contributed by atoms with Crippen LogP contribution in [0.5, 0.6) is 5.75 Å². The lowest BCUT2D eigenvalue weighted by Crippen LogP contribution is -2.52. The second-order valence-electron chi connectivity index (χ2n) is 8.05. The number of aliphatic hydroxyl groups excluding tert-OH is 1. The van der Waals surface area contributed by atoms with Crippen LogP contribution >= 0.6 is 0 Å². The first-order valence-electron chi connectivity index (χ1n) is 10.6. The van der Waals surface area contributed by atoms with E-state index < -0.39 is 0 Å². The van der Waals surface area contributed by atoms with E-state index in [-0.39, 0.29) is 12.5 Å². The molecule has 2 N–H and O–H groups in total. The normalized spacial score (nSPS) is 17.7. The molecule has 1 aliphatic rings. The average Bonchev–Trinajstić information content (AvgIpc) is 2.71. The molecule has 30 heavy (non-hydrogen) atoms. The number of ether oxygens (including phenoxy) is 1. The number of nitrogens with zero attached hydrogens (tertiary/aromatic N) is 2. The number of hydrogen-bond acceptors (Lipinski definition) is 5. The number of methoxy groups -OCH3 is 1. The predicted octanol–water partition coefficient (Wildman–Crippen LogP) is 3.03. The number of anilines is 1. The van der Waals surface area contributed by atoms with Crippen molar-refractivity contribution in [2.24, 2.45) is 0 Å². The van der Waals surface area contributed by atoms with Crippen molar-refractivity contribution in [3.63, 3.8) is 0 Å². The molecule has 0 radical (unpaired) electrons. The SMILES string of the molecule is COc1ccc(CN2CCN(Cc3ccc(NC(C)=O)cc3)C[C@H]2CCO)cc1C. The molecule has 1 saturated heterocycles. The Kier molecular flexibility index (Phi) is 7.85. The lowest BCUT2D eigenvalue weighted by molar-refractivity contribution is -0.114. The summed E-state index contributed by atoms with van der Waals surface area (Å²) in [5.41, 5.74) is 4.48. The number of rotatable bonds is 8. The molecule has 1 atom stereocenters. The minimum absolute atomic E-state index is 0.0576. The number of amides is 1. The van der Waals surface area contributed by atoms with Crippen molar-refractivity contribution < 1.29 is 14.6 Å². The van der Waals surface area contributed by atoms with Crippen LogP contribution in [0, 0.1) is 6.92 Å². The standard InChI is InChI=1S/C24H33N3O3/c1-18-14-21(6-9-24(18)30-3)16-27-12-11-26(17-23(27)10-13-28)15-20-4-7-22(8-5-20)25-19(2)29/h4-9,14,23,28H,10-13,15-17H2,1-3H3,(H,25,29)/t23-/m1/s1. The number of aliphatic hydroxyl groups is 1. The number of carbonyl (C=O) groups is 1. The maximum absolute atomic E-state index is 11.2. The Morgan fingerprint density at radius 1 is 1.13 bits per heavy atom. The smallest absolute Gasteiger partial charge is 0.221 e. The quantitative estimate of drug-likeness (QED) is 0.699. The number of hydrogen-bond donors (Lipinski definition) is 2. The summed E-state index contributed by atoms with van der Waals surface area (Å²) in [6.07, 6.45) is 0.771. The molecule has 0 aromatic heterocycles. The molecule has 1 amide bonds. The van der Waals surface area contributed by atoms with Crippen molar-refractivity contribution >= 4 is 11.6 Å². The molecular weight excluding hydrogens is 378 g/mol. The van der Waals surface area contributed by atoms with Crippen molar-refractivity contribution in [1.82, 2.24) is 9.80 Å². The molecule has 6 heteroatoms. The van der Waals surface area contributed by atoms with E-state index in [4.69, 9.17) is 4.74 Å². The van der Waals surface area contributed by atoms with Gasteiger partial charge in [-0.3, -0.25) is 14.6 Å². The maximum atomic E-state index is 11.2. The van der Waals surface area contributed by atoms with Crippen LogP contribution in [0.25, 0.3) is 0 Å². The molecule has 0 bridgehead atoms. The second kappa shape index (κ2) is 10.6. The first-order valence-corrected chi connectivity index (χ1v) is 10.6. The zero-order chi connectivity index (χ0) is 21.5. The number of carbonyl (C=O) groups excluding carboxylic acids is 1. The summed E-state index contributed by atoms with van der Waals surface area (Å²) in [7, 11) is 1.70. The second-order valence-corrected chi connectivity index (χ2v) is 8.05. The van der Waals surface area contributed by atoms with Crippen molar-refractivity contribution in [3.05, 3.63) is 59.2 Å². The Balaban J connectivity index is 1.60. The largest absolute Gasteiger partial charge is 0.496 e. The molecule has 1 aliphatic heterocycles. The molecule has 0 spiro atoms. The number of benzene rings is 2. The Hall–Kier alpha value is -2.41. The van der Waals surface area contributed by atoms with Crippen molar-refractivity contribution in [1.29, 1.82) is 0 Å². The number of nitrogens with one attached hydrogen (secondary N) is 1. The summed E-state index contributed by atoms with van der Waals surface area (Å²) in [5.74, 6) is 0.859. The van der Waals surface area contributed by atoms with Crippen LogP contribution in [0.2, 0.25) is 0 Å². The highest BCUT2D eigenvalue weighted by Crippen LogP contribution is 2.23. The molecule has 1 heterocycles. The summed E-state index contributed by atoms with van der Waals surface area (Å²) in [6, 6.07) is 14.7. The molecule has 162 valence electrons. The molecule has 2 aromatic carbocycles. The van der Waals surface area contributed by atoms with E-state index in [1.807, 2.05) is 18.2 Å². The van der Waals surface area contributed by atoms with Crippen LogP contribution < -0.4 is 10.1 Å². The van der Waals surface area contributed by atoms with Gasteiger partial charge in [0.05, 0.1) is 7.11 Å². The molecule has 1 fully saturated rings. The fraction of sp³-hybridized carbons (Fsp3) is 0.458. The predicted molar refractivity (Wildman–Crippen MR) is 120 cm³/mol. The van der Waals surface area contributed by atoms with Gasteiger partial charge in [0, 0.05) is 58.0 Å². The molecular formula is C24H33N3O3. The van der Waals surface area contributed by atoms with Crippen LogP contribution in [-0.2, 0) is 17.9 Å². The van der Waals surface area contributed by atoms with E-state index in [1.165, 1.54) is 18.1 Å². The van der Waals surface area contributed by atoms with Gasteiger partial charge in [0.1, 0.15) is 5.75 Å². The van der Waals surface area contributed by atoms with Gasteiger partial charge in [-0.1, -0.05) is 24.3 Å². The molecule has 0 saturated carbocycles. The first-order chi connectivity index (χ1) is 14.5. The first kappa shape index (κ1) is 22.3. The van der Waals surface area contributed by atoms with Gasteiger partial charge in [0.15, 0.2) is 0 Å². The van der Waals surface area contributed by atoms with E-state index in [1.54, 1.807) is 7.11 Å². The third kappa shape index (κ3) is 6.05. The minimum atomic E-state index is -0.0576. The summed E-state index contributed by atoms with van der Waals surface area (Å²) in [6.45, 7) is 8.44. The Labute approximate surface area is 179 Å². The highest BCUT2D eigenvalue weighted by molar-refractivity contribution is 5.88. The lowest BCUT2D eigenvalue weighted by atomic mass is 10.0. The van der Waals surface area contributed by atoms with Gasteiger partial charge in [-0.2, -0.15) is 0 Å². The molecule has 0 aliphatic carbocycles. The van der Waals surface area contributed by atoms with E-state index >= 15 is 0 Å². The van der Waals surface area contributed by atoms with Gasteiger partial charge in [-0.05, 0) is 48.2 Å². The highest BCUT2D eigenvalue weighted by atomic mass is 16.5. The van der Waals surface area contributed by atoms with Crippen molar-refractivity contribution in [3.8, 4) is 5.75 Å². The fourth-order valence-corrected chi connectivity index (χ4v) is 4.16. The monoisotopic (exact) mass is 411 g/mol. The maximum Gasteiger partial charge on any atom is 0.221 e. The van der Waals surface area contributed by atoms with Crippen LogP contribution in [0.3, 0.4) is 0 Å². The molecule has 3 rings (SSSR count). The number of aryl methyl sites for hydroxylation is 1. The lowest BCUT2D eigenvalue weighted by Gasteiger charge is -2.41. The third-order valence-corrected chi connectivity index (χ3v) is 5.68. The summed E-state index contributed by atoms with van der Waals surface area (Å²) < 4.78 is 5.37. The Morgan fingerprint density at radius 3 is 2.50 bits per heavy atom. The van der Waals surface area contributed by atoms with Crippen molar-refractivity contribution in [2.45, 2.75) is 39.4 Å². The van der Waals surface area contributed by atoms with E-state index in [0.717, 1.165) is 56.1 Å².